The molecule has 0 aliphatic carbocycles. The average Bonchev–Trinajstić information content (AvgIpc) is 3.24. The molecule has 0 amide bonds. The number of nitrogens with zero attached hydrogens (tertiary/aromatic N) is 3. The first kappa shape index (κ1) is 17.4. The van der Waals surface area contributed by atoms with Crippen molar-refractivity contribution in [3.8, 4) is 34.3 Å². The van der Waals surface area contributed by atoms with Crippen molar-refractivity contribution in [2.45, 2.75) is 0 Å². The van der Waals surface area contributed by atoms with Crippen LogP contribution in [0, 0.1) is 0 Å². The molecule has 0 unspecified atom stereocenters. The molecule has 0 spiro atoms. The molecule has 2 aromatic heterocycles. The van der Waals surface area contributed by atoms with Crippen LogP contribution in [0.4, 0.5) is 0 Å². The molecule has 0 aliphatic rings. The van der Waals surface area contributed by atoms with E-state index in [2.05, 4.69) is 15.3 Å². The molecule has 0 atom stereocenters. The van der Waals surface area contributed by atoms with Crippen molar-refractivity contribution in [2.75, 3.05) is 0 Å². The monoisotopic (exact) mass is 425 g/mol. The van der Waals surface area contributed by atoms with Crippen LogP contribution < -0.4 is 0 Å². The van der Waals surface area contributed by atoms with E-state index < -0.39 is 0 Å². The Kier molecular flexibility index (Phi) is 4.63. The van der Waals surface area contributed by atoms with Crippen molar-refractivity contribution in [1.82, 2.24) is 15.3 Å². The van der Waals surface area contributed by atoms with Crippen LogP contribution in [0.5, 0.6) is 0 Å². The van der Waals surface area contributed by atoms with Crippen molar-refractivity contribution in [1.29, 1.82) is 0 Å². The number of hydrogen-bond acceptors (Lipinski definition) is 5. The second kappa shape index (κ2) is 6.93. The number of halogens is 4. The van der Waals surface area contributed by atoms with Gasteiger partial charge >= 0.3 is 0 Å². The lowest BCUT2D eigenvalue weighted by Crippen LogP contribution is -1.83. The summed E-state index contributed by atoms with van der Waals surface area (Å²) >= 11 is 24.2. The quantitative estimate of drug-likeness (QED) is 0.365. The first-order chi connectivity index (χ1) is 12.5. The summed E-state index contributed by atoms with van der Waals surface area (Å²) in [5.74, 6) is 0.952. The van der Waals surface area contributed by atoms with Gasteiger partial charge in [0, 0.05) is 27.2 Å². The van der Waals surface area contributed by atoms with Gasteiger partial charge in [-0.15, -0.1) is 0 Å². The zero-order valence-electron chi connectivity index (χ0n) is 12.7. The lowest BCUT2D eigenvalue weighted by molar-refractivity contribution is 0.411. The van der Waals surface area contributed by atoms with Gasteiger partial charge in [-0.25, -0.2) is 0 Å². The number of hydrogen-bond donors (Lipinski definition) is 0. The molecule has 0 aliphatic heterocycles. The Balaban J connectivity index is 1.67. The molecule has 0 fully saturated rings. The molecular formula is C17H7Cl4N3O2. The van der Waals surface area contributed by atoms with Crippen LogP contribution in [-0.2, 0) is 0 Å². The van der Waals surface area contributed by atoms with Gasteiger partial charge in [-0.3, -0.25) is 0 Å². The summed E-state index contributed by atoms with van der Waals surface area (Å²) in [4.78, 5) is 4.30. The van der Waals surface area contributed by atoms with Gasteiger partial charge in [0.05, 0.1) is 10.0 Å². The second-order valence-corrected chi connectivity index (χ2v) is 6.94. The maximum Gasteiger partial charge on any atom is 0.280 e. The summed E-state index contributed by atoms with van der Waals surface area (Å²) in [7, 11) is 0. The molecule has 0 N–H and O–H groups in total. The van der Waals surface area contributed by atoms with Crippen LogP contribution >= 0.6 is 46.4 Å². The number of benzene rings is 2. The molecule has 130 valence electrons. The third-order valence-corrected chi connectivity index (χ3v) is 4.62. The summed E-state index contributed by atoms with van der Waals surface area (Å²) in [6.45, 7) is 0. The molecule has 9 heteroatoms. The van der Waals surface area contributed by atoms with Gasteiger partial charge in [0.15, 0.2) is 11.5 Å². The zero-order valence-corrected chi connectivity index (χ0v) is 15.7. The largest absolute Gasteiger partial charge is 0.355 e. The van der Waals surface area contributed by atoms with Gasteiger partial charge in [-0.2, -0.15) is 4.98 Å². The van der Waals surface area contributed by atoms with Gasteiger partial charge in [-0.05, 0) is 36.4 Å². The Morgan fingerprint density at radius 2 is 1.35 bits per heavy atom. The van der Waals surface area contributed by atoms with E-state index >= 15 is 0 Å². The number of aromatic nitrogens is 3. The van der Waals surface area contributed by atoms with E-state index in [0.29, 0.717) is 48.5 Å². The third kappa shape index (κ3) is 3.31. The maximum atomic E-state index is 6.18. The predicted molar refractivity (Wildman–Crippen MR) is 101 cm³/mol. The standard InChI is InChI=1S/C17H7Cl4N3O2/c18-8-1-3-10(12(20)5-8)15-7-14(23-25-15)17-22-16(24-26-17)11-4-2-9(19)6-13(11)21/h1-7H. The molecule has 4 aromatic rings. The minimum atomic E-state index is 0.186. The Bertz CT molecular complexity index is 1020. The molecular weight excluding hydrogens is 420 g/mol. The van der Waals surface area contributed by atoms with Crippen LogP contribution in [-0.4, -0.2) is 15.3 Å². The first-order valence-corrected chi connectivity index (χ1v) is 8.74. The molecule has 2 aromatic carbocycles. The third-order valence-electron chi connectivity index (χ3n) is 3.52. The van der Waals surface area contributed by atoms with E-state index in [0.717, 1.165) is 0 Å². The van der Waals surface area contributed by atoms with Crippen molar-refractivity contribution in [2.24, 2.45) is 0 Å². The van der Waals surface area contributed by atoms with Crippen LogP contribution in [0.1, 0.15) is 0 Å². The summed E-state index contributed by atoms with van der Waals surface area (Å²) in [5.41, 5.74) is 1.61. The van der Waals surface area contributed by atoms with Gasteiger partial charge < -0.3 is 9.05 Å². The first-order valence-electron chi connectivity index (χ1n) is 7.23. The van der Waals surface area contributed by atoms with Gasteiger partial charge in [0.2, 0.25) is 5.82 Å². The molecule has 0 saturated carbocycles. The van der Waals surface area contributed by atoms with Gasteiger partial charge in [0.1, 0.15) is 0 Å². The summed E-state index contributed by atoms with van der Waals surface area (Å²) in [6, 6.07) is 11.7. The fourth-order valence-corrected chi connectivity index (χ4v) is 3.29. The highest BCUT2D eigenvalue weighted by atomic mass is 35.5. The smallest absolute Gasteiger partial charge is 0.280 e. The topological polar surface area (TPSA) is 65.0 Å². The molecule has 0 bridgehead atoms. The van der Waals surface area contributed by atoms with Crippen molar-refractivity contribution in [3.05, 3.63) is 62.6 Å². The SMILES string of the molecule is Clc1ccc(-c2noc(-c3cc(-c4ccc(Cl)cc4Cl)on3)n2)c(Cl)c1. The summed E-state index contributed by atoms with van der Waals surface area (Å²) in [5, 5.41) is 9.78. The Hall–Kier alpha value is -2.05. The second-order valence-electron chi connectivity index (χ2n) is 5.25. The highest BCUT2D eigenvalue weighted by molar-refractivity contribution is 6.36. The van der Waals surface area contributed by atoms with Crippen LogP contribution in [0.25, 0.3) is 34.3 Å². The van der Waals surface area contributed by atoms with E-state index in [1.807, 2.05) is 0 Å². The molecule has 5 nitrogen and oxygen atoms in total. The summed E-state index contributed by atoms with van der Waals surface area (Å²) < 4.78 is 10.6. The van der Waals surface area contributed by atoms with Crippen molar-refractivity contribution >= 4 is 46.4 Å². The van der Waals surface area contributed by atoms with E-state index in [1.54, 1.807) is 42.5 Å². The number of rotatable bonds is 3. The Morgan fingerprint density at radius 3 is 2.00 bits per heavy atom. The molecule has 2 heterocycles. The fourth-order valence-electron chi connectivity index (χ4n) is 2.30. The maximum absolute atomic E-state index is 6.18. The molecule has 0 radical (unpaired) electrons. The lowest BCUT2D eigenvalue weighted by Gasteiger charge is -1.99. The Labute approximate surface area is 167 Å². The Morgan fingerprint density at radius 1 is 0.692 bits per heavy atom. The zero-order chi connectivity index (χ0) is 18.3. The highest BCUT2D eigenvalue weighted by Crippen LogP contribution is 2.34. The van der Waals surface area contributed by atoms with Crippen LogP contribution in [0.15, 0.2) is 51.5 Å². The van der Waals surface area contributed by atoms with Crippen LogP contribution in [0.3, 0.4) is 0 Å². The predicted octanol–water partition coefficient (Wildman–Crippen LogP) is 6.67. The molecule has 0 saturated heterocycles. The van der Waals surface area contributed by atoms with Crippen molar-refractivity contribution in [3.63, 3.8) is 0 Å². The minimum Gasteiger partial charge on any atom is -0.355 e. The fraction of sp³-hybridized carbons (Fsp3) is 0. The average molecular weight is 427 g/mol. The minimum absolute atomic E-state index is 0.186. The van der Waals surface area contributed by atoms with Gasteiger partial charge in [0.25, 0.3) is 5.89 Å². The van der Waals surface area contributed by atoms with Crippen LogP contribution in [0.2, 0.25) is 20.1 Å². The molecule has 26 heavy (non-hydrogen) atoms. The normalized spacial score (nSPS) is 11.1. The lowest BCUT2D eigenvalue weighted by atomic mass is 10.1. The van der Waals surface area contributed by atoms with E-state index in [4.69, 9.17) is 55.4 Å². The summed E-state index contributed by atoms with van der Waals surface area (Å²) in [6.07, 6.45) is 0. The van der Waals surface area contributed by atoms with E-state index in [-0.39, 0.29) is 5.89 Å². The highest BCUT2D eigenvalue weighted by Gasteiger charge is 2.18. The molecule has 4 rings (SSSR count). The van der Waals surface area contributed by atoms with Crippen molar-refractivity contribution < 1.29 is 9.05 Å². The van der Waals surface area contributed by atoms with Gasteiger partial charge in [-0.1, -0.05) is 56.7 Å². The van der Waals surface area contributed by atoms with E-state index in [9.17, 15) is 0 Å². The van der Waals surface area contributed by atoms with E-state index in [1.165, 1.54) is 0 Å².